The van der Waals surface area contributed by atoms with Gasteiger partial charge in [0.05, 0.1) is 10.3 Å². The first kappa shape index (κ1) is 17.6. The maximum Gasteiger partial charge on any atom is 0.251 e. The molecule has 0 aliphatic carbocycles. The van der Waals surface area contributed by atoms with Crippen LogP contribution in [0.25, 0.3) is 6.08 Å². The van der Waals surface area contributed by atoms with Crippen molar-refractivity contribution in [3.8, 4) is 0 Å². The lowest BCUT2D eigenvalue weighted by atomic mass is 10.1. The average molecular weight is 412 g/mol. The lowest BCUT2D eigenvalue weighted by molar-refractivity contribution is -0.114. The first-order valence-electron chi connectivity index (χ1n) is 7.97. The SMILES string of the molecule is Cc1ccc(N(Cc2ccccc2)C(=O)/C=C/c2ccc(Br)s2)cc1. The second kappa shape index (κ2) is 8.28. The number of anilines is 1. The predicted octanol–water partition coefficient (Wildman–Crippen LogP) is 6.07. The molecule has 0 atom stereocenters. The van der Waals surface area contributed by atoms with Gasteiger partial charge in [-0.1, -0.05) is 48.0 Å². The van der Waals surface area contributed by atoms with Crippen LogP contribution in [-0.4, -0.2) is 5.91 Å². The predicted molar refractivity (Wildman–Crippen MR) is 110 cm³/mol. The molecule has 0 saturated heterocycles. The molecule has 1 amide bonds. The number of carbonyl (C=O) groups excluding carboxylic acids is 1. The molecule has 0 fully saturated rings. The van der Waals surface area contributed by atoms with E-state index in [0.29, 0.717) is 6.54 Å². The molecule has 0 radical (unpaired) electrons. The zero-order valence-corrected chi connectivity index (χ0v) is 16.3. The number of benzene rings is 2. The largest absolute Gasteiger partial charge is 0.304 e. The molecular formula is C21H18BrNOS. The maximum absolute atomic E-state index is 12.8. The van der Waals surface area contributed by atoms with Crippen LogP contribution in [-0.2, 0) is 11.3 Å². The Bertz CT molecular complexity index is 868. The van der Waals surface area contributed by atoms with Gasteiger partial charge in [-0.15, -0.1) is 11.3 Å². The van der Waals surface area contributed by atoms with Gasteiger partial charge in [-0.3, -0.25) is 4.79 Å². The molecule has 0 aliphatic heterocycles. The Balaban J connectivity index is 1.85. The molecule has 0 saturated carbocycles. The van der Waals surface area contributed by atoms with Crippen LogP contribution in [0.4, 0.5) is 5.69 Å². The molecule has 0 unspecified atom stereocenters. The minimum absolute atomic E-state index is 0.0303. The summed E-state index contributed by atoms with van der Waals surface area (Å²) in [6.07, 6.45) is 3.50. The Morgan fingerprint density at radius 3 is 2.40 bits per heavy atom. The van der Waals surface area contributed by atoms with Crippen molar-refractivity contribution >= 4 is 44.9 Å². The standard InChI is InChI=1S/C21H18BrNOS/c1-16-7-9-18(10-8-16)23(15-17-5-3-2-4-6-17)21(24)14-12-19-11-13-20(22)25-19/h2-14H,15H2,1H3/b14-12+. The van der Waals surface area contributed by atoms with E-state index in [2.05, 4.69) is 15.9 Å². The first-order chi connectivity index (χ1) is 12.1. The number of amides is 1. The zero-order chi connectivity index (χ0) is 17.6. The molecule has 0 aliphatic rings. The van der Waals surface area contributed by atoms with E-state index in [1.54, 1.807) is 22.3 Å². The Morgan fingerprint density at radius 2 is 1.76 bits per heavy atom. The topological polar surface area (TPSA) is 20.3 Å². The molecule has 1 heterocycles. The van der Waals surface area contributed by atoms with Gasteiger partial charge in [0.25, 0.3) is 5.91 Å². The van der Waals surface area contributed by atoms with Crippen molar-refractivity contribution in [2.75, 3.05) is 4.90 Å². The highest BCUT2D eigenvalue weighted by molar-refractivity contribution is 9.11. The normalized spacial score (nSPS) is 11.0. The van der Waals surface area contributed by atoms with Crippen LogP contribution in [0.2, 0.25) is 0 Å². The molecule has 25 heavy (non-hydrogen) atoms. The van der Waals surface area contributed by atoms with Crippen LogP contribution in [0.3, 0.4) is 0 Å². The van der Waals surface area contributed by atoms with E-state index < -0.39 is 0 Å². The highest BCUT2D eigenvalue weighted by Gasteiger charge is 2.14. The number of halogens is 1. The number of carbonyl (C=O) groups is 1. The van der Waals surface area contributed by atoms with Crippen molar-refractivity contribution in [1.29, 1.82) is 0 Å². The number of hydrogen-bond acceptors (Lipinski definition) is 2. The van der Waals surface area contributed by atoms with E-state index in [1.165, 1.54) is 5.56 Å². The van der Waals surface area contributed by atoms with Crippen LogP contribution < -0.4 is 4.90 Å². The molecule has 0 N–H and O–H groups in total. The quantitative estimate of drug-likeness (QED) is 0.466. The molecule has 3 aromatic rings. The van der Waals surface area contributed by atoms with Gasteiger partial charge in [0.1, 0.15) is 0 Å². The van der Waals surface area contributed by atoms with Crippen LogP contribution >= 0.6 is 27.3 Å². The van der Waals surface area contributed by atoms with E-state index in [9.17, 15) is 4.79 Å². The van der Waals surface area contributed by atoms with E-state index in [4.69, 9.17) is 0 Å². The fourth-order valence-electron chi connectivity index (χ4n) is 2.45. The highest BCUT2D eigenvalue weighted by atomic mass is 79.9. The third-order valence-corrected chi connectivity index (χ3v) is 5.37. The molecule has 126 valence electrons. The van der Waals surface area contributed by atoms with E-state index >= 15 is 0 Å². The number of aryl methyl sites for hydroxylation is 1. The Kier molecular flexibility index (Phi) is 5.84. The molecule has 3 rings (SSSR count). The third kappa shape index (κ3) is 4.91. The molecule has 2 nitrogen and oxygen atoms in total. The molecule has 4 heteroatoms. The van der Waals surface area contributed by atoms with Gasteiger partial charge in [0.2, 0.25) is 0 Å². The van der Waals surface area contributed by atoms with Crippen molar-refractivity contribution in [3.63, 3.8) is 0 Å². The van der Waals surface area contributed by atoms with Crippen molar-refractivity contribution in [1.82, 2.24) is 0 Å². The molecule has 2 aromatic carbocycles. The van der Waals surface area contributed by atoms with Gasteiger partial charge < -0.3 is 4.90 Å². The number of rotatable bonds is 5. The molecule has 1 aromatic heterocycles. The summed E-state index contributed by atoms with van der Waals surface area (Å²) in [6, 6.07) is 22.1. The van der Waals surface area contributed by atoms with Crippen LogP contribution in [0.1, 0.15) is 16.0 Å². The smallest absolute Gasteiger partial charge is 0.251 e. The summed E-state index contributed by atoms with van der Waals surface area (Å²) < 4.78 is 1.05. The Hall–Kier alpha value is -2.17. The van der Waals surface area contributed by atoms with Gasteiger partial charge in [-0.25, -0.2) is 0 Å². The van der Waals surface area contributed by atoms with Gasteiger partial charge in [0.15, 0.2) is 0 Å². The van der Waals surface area contributed by atoms with Crippen LogP contribution in [0.15, 0.2) is 76.6 Å². The second-order valence-corrected chi connectivity index (χ2v) is 8.22. The van der Waals surface area contributed by atoms with E-state index in [0.717, 1.165) is 19.9 Å². The van der Waals surface area contributed by atoms with Gasteiger partial charge >= 0.3 is 0 Å². The Morgan fingerprint density at radius 1 is 1.04 bits per heavy atom. The highest BCUT2D eigenvalue weighted by Crippen LogP contribution is 2.24. The molecule has 0 spiro atoms. The summed E-state index contributed by atoms with van der Waals surface area (Å²) >= 11 is 5.05. The fraction of sp³-hybridized carbons (Fsp3) is 0.0952. The van der Waals surface area contributed by atoms with Crippen molar-refractivity contribution < 1.29 is 4.79 Å². The van der Waals surface area contributed by atoms with Crippen LogP contribution in [0.5, 0.6) is 0 Å². The number of nitrogens with zero attached hydrogens (tertiary/aromatic N) is 1. The third-order valence-electron chi connectivity index (χ3n) is 3.78. The lowest BCUT2D eigenvalue weighted by Crippen LogP contribution is -2.28. The van der Waals surface area contributed by atoms with Crippen molar-refractivity contribution in [3.05, 3.63) is 92.6 Å². The monoisotopic (exact) mass is 411 g/mol. The van der Waals surface area contributed by atoms with Gasteiger partial charge in [0, 0.05) is 16.6 Å². The van der Waals surface area contributed by atoms with Gasteiger partial charge in [-0.2, -0.15) is 0 Å². The summed E-state index contributed by atoms with van der Waals surface area (Å²) in [6.45, 7) is 2.59. The summed E-state index contributed by atoms with van der Waals surface area (Å²) in [4.78, 5) is 15.7. The minimum Gasteiger partial charge on any atom is -0.304 e. The van der Waals surface area contributed by atoms with Gasteiger partial charge in [-0.05, 0) is 58.8 Å². The van der Waals surface area contributed by atoms with Crippen LogP contribution in [0, 0.1) is 6.92 Å². The molecule has 0 bridgehead atoms. The Labute approximate surface area is 160 Å². The van der Waals surface area contributed by atoms with Crippen molar-refractivity contribution in [2.24, 2.45) is 0 Å². The number of thiophene rings is 1. The average Bonchev–Trinajstić information content (AvgIpc) is 3.05. The zero-order valence-electron chi connectivity index (χ0n) is 13.9. The second-order valence-electron chi connectivity index (χ2n) is 5.72. The maximum atomic E-state index is 12.8. The summed E-state index contributed by atoms with van der Waals surface area (Å²) in [5.74, 6) is -0.0303. The van der Waals surface area contributed by atoms with E-state index in [1.807, 2.05) is 79.7 Å². The summed E-state index contributed by atoms with van der Waals surface area (Å²) in [5, 5.41) is 0. The summed E-state index contributed by atoms with van der Waals surface area (Å²) in [7, 11) is 0. The van der Waals surface area contributed by atoms with Crippen molar-refractivity contribution in [2.45, 2.75) is 13.5 Å². The minimum atomic E-state index is -0.0303. The molecular weight excluding hydrogens is 394 g/mol. The lowest BCUT2D eigenvalue weighted by Gasteiger charge is -2.22. The van der Waals surface area contributed by atoms with E-state index in [-0.39, 0.29) is 5.91 Å². The summed E-state index contributed by atoms with van der Waals surface area (Å²) in [5.41, 5.74) is 3.18. The number of hydrogen-bond donors (Lipinski definition) is 0. The first-order valence-corrected chi connectivity index (χ1v) is 9.58. The fourth-order valence-corrected chi connectivity index (χ4v) is 3.77.